The van der Waals surface area contributed by atoms with Crippen LogP contribution >= 0.6 is 0 Å². The predicted octanol–water partition coefficient (Wildman–Crippen LogP) is 5.14. The van der Waals surface area contributed by atoms with Crippen LogP contribution in [-0.4, -0.2) is 9.97 Å². The molecule has 0 fully saturated rings. The van der Waals surface area contributed by atoms with E-state index in [9.17, 15) is 0 Å². The van der Waals surface area contributed by atoms with Crippen molar-refractivity contribution in [1.82, 2.24) is 9.97 Å². The molecule has 0 atom stereocenters. The first kappa shape index (κ1) is 21.1. The summed E-state index contributed by atoms with van der Waals surface area (Å²) < 4.78 is 2.46. The van der Waals surface area contributed by atoms with Crippen molar-refractivity contribution in [3.8, 4) is 22.5 Å². The van der Waals surface area contributed by atoms with Gasteiger partial charge in [-0.2, -0.15) is 4.57 Å². The normalized spacial score (nSPS) is 13.3. The smallest absolute Gasteiger partial charge is 0.294 e. The van der Waals surface area contributed by atoms with Crippen molar-refractivity contribution in [1.29, 1.82) is 0 Å². The summed E-state index contributed by atoms with van der Waals surface area (Å²) in [6, 6.07) is 38.1. The van der Waals surface area contributed by atoms with Gasteiger partial charge in [-0.25, -0.2) is 0 Å². The van der Waals surface area contributed by atoms with Crippen LogP contribution in [0.25, 0.3) is 22.5 Å². The van der Waals surface area contributed by atoms with Gasteiger partial charge in [0.1, 0.15) is 11.4 Å². The Morgan fingerprint density at radius 1 is 0.618 bits per heavy atom. The van der Waals surface area contributed by atoms with Gasteiger partial charge >= 0.3 is 21.1 Å². The van der Waals surface area contributed by atoms with Crippen molar-refractivity contribution in [3.63, 3.8) is 0 Å². The number of hydrogen-bond donors (Lipinski definition) is 0. The zero-order valence-electron chi connectivity index (χ0n) is 18.3. The van der Waals surface area contributed by atoms with Gasteiger partial charge in [0.2, 0.25) is 6.04 Å². The Kier molecular flexibility index (Phi) is 5.23. The van der Waals surface area contributed by atoms with Crippen LogP contribution in [0.1, 0.15) is 39.9 Å². The molecule has 34 heavy (non-hydrogen) atoms. The minimum atomic E-state index is -0.0315. The second-order valence-corrected chi connectivity index (χ2v) is 8.67. The summed E-state index contributed by atoms with van der Waals surface area (Å²) in [5.74, 6) is 0. The zero-order chi connectivity index (χ0) is 21.8. The zero-order valence-corrected chi connectivity index (χ0v) is 20.6. The first-order valence-corrected chi connectivity index (χ1v) is 11.3. The van der Waals surface area contributed by atoms with Crippen LogP contribution in [0.15, 0.2) is 91.0 Å². The van der Waals surface area contributed by atoms with Crippen molar-refractivity contribution in [2.45, 2.75) is 18.9 Å². The molecular formula is C30H20N3Pt+. The maximum absolute atomic E-state index is 5.21. The summed E-state index contributed by atoms with van der Waals surface area (Å²) in [6.45, 7) is 0. The number of benzene rings is 2. The molecule has 2 aliphatic heterocycles. The van der Waals surface area contributed by atoms with Gasteiger partial charge in [0, 0.05) is 12.1 Å². The van der Waals surface area contributed by atoms with Crippen molar-refractivity contribution in [2.75, 3.05) is 0 Å². The van der Waals surface area contributed by atoms with Crippen LogP contribution in [0, 0.1) is 12.1 Å². The molecule has 3 aromatic heterocycles. The molecule has 0 radical (unpaired) electrons. The molecule has 2 aliphatic rings. The van der Waals surface area contributed by atoms with Crippen LogP contribution in [0.5, 0.6) is 0 Å². The number of aromatic nitrogens is 3. The fraction of sp³-hybridized carbons (Fsp3) is 0.100. The van der Waals surface area contributed by atoms with Crippen LogP contribution in [-0.2, 0) is 33.9 Å². The molecule has 5 heterocycles. The molecule has 164 valence electrons. The molecule has 7 rings (SSSR count). The molecule has 5 aromatic rings. The van der Waals surface area contributed by atoms with E-state index in [-0.39, 0.29) is 27.1 Å². The summed E-state index contributed by atoms with van der Waals surface area (Å²) in [5, 5.41) is 0. The van der Waals surface area contributed by atoms with Gasteiger partial charge in [-0.15, -0.1) is 71.8 Å². The topological polar surface area (TPSA) is 29.7 Å². The van der Waals surface area contributed by atoms with Gasteiger partial charge in [0.15, 0.2) is 11.4 Å². The number of rotatable bonds is 2. The average molecular weight is 618 g/mol. The van der Waals surface area contributed by atoms with Crippen molar-refractivity contribution >= 4 is 0 Å². The number of nitrogens with zero attached hydrogens (tertiary/aromatic N) is 3. The monoisotopic (exact) mass is 617 g/mol. The van der Waals surface area contributed by atoms with Gasteiger partial charge < -0.3 is 0 Å². The fourth-order valence-corrected chi connectivity index (χ4v) is 5.18. The Morgan fingerprint density at radius 2 is 1.15 bits per heavy atom. The van der Waals surface area contributed by atoms with E-state index < -0.39 is 0 Å². The molecule has 0 bridgehead atoms. The molecule has 0 aliphatic carbocycles. The summed E-state index contributed by atoms with van der Waals surface area (Å²) in [7, 11) is 0. The second kappa shape index (κ2) is 8.42. The molecule has 2 aromatic carbocycles. The van der Waals surface area contributed by atoms with Gasteiger partial charge in [-0.05, 0) is 28.6 Å². The summed E-state index contributed by atoms with van der Waals surface area (Å²) in [5.41, 5.74) is 11.3. The van der Waals surface area contributed by atoms with E-state index in [0.29, 0.717) is 0 Å². The summed E-state index contributed by atoms with van der Waals surface area (Å²) in [6.07, 6.45) is 1.76. The molecule has 4 heteroatoms. The molecule has 0 saturated carbocycles. The van der Waals surface area contributed by atoms with Crippen LogP contribution in [0.2, 0.25) is 0 Å². The maximum atomic E-state index is 5.21. The molecule has 0 spiro atoms. The third-order valence-electron chi connectivity index (χ3n) is 6.71. The Bertz CT molecular complexity index is 1400. The molecular weight excluding hydrogens is 597 g/mol. The maximum Gasteiger partial charge on any atom is 2.00 e. The van der Waals surface area contributed by atoms with Gasteiger partial charge in [-0.3, -0.25) is 9.97 Å². The molecule has 0 N–H and O–H groups in total. The van der Waals surface area contributed by atoms with E-state index in [0.717, 1.165) is 46.7 Å². The quantitative estimate of drug-likeness (QED) is 0.199. The minimum absolute atomic E-state index is 0. The Morgan fingerprint density at radius 3 is 1.62 bits per heavy atom. The third-order valence-corrected chi connectivity index (χ3v) is 6.71. The Labute approximate surface area is 213 Å². The molecule has 0 amide bonds. The first-order valence-electron chi connectivity index (χ1n) is 11.3. The first-order chi connectivity index (χ1) is 16.3. The number of fused-ring (bicyclic) bond motifs is 4. The van der Waals surface area contributed by atoms with E-state index >= 15 is 0 Å². The van der Waals surface area contributed by atoms with E-state index in [1.54, 1.807) is 0 Å². The van der Waals surface area contributed by atoms with Crippen molar-refractivity contribution in [3.05, 3.63) is 137 Å². The Balaban J connectivity index is 0.00000217. The van der Waals surface area contributed by atoms with Crippen molar-refractivity contribution < 1.29 is 25.6 Å². The van der Waals surface area contributed by atoms with E-state index in [1.807, 2.05) is 36.4 Å². The van der Waals surface area contributed by atoms with E-state index in [4.69, 9.17) is 9.97 Å². The molecule has 0 unspecified atom stereocenters. The average Bonchev–Trinajstić information content (AvgIpc) is 2.89. The van der Waals surface area contributed by atoms with Gasteiger partial charge in [-0.1, -0.05) is 24.3 Å². The predicted molar refractivity (Wildman–Crippen MR) is 127 cm³/mol. The fourth-order valence-electron chi connectivity index (χ4n) is 5.18. The van der Waals surface area contributed by atoms with Gasteiger partial charge in [0.25, 0.3) is 0 Å². The number of pyridine rings is 3. The van der Waals surface area contributed by atoms with Crippen molar-refractivity contribution in [2.24, 2.45) is 0 Å². The Hall–Kier alpha value is -3.42. The van der Waals surface area contributed by atoms with E-state index in [1.165, 1.54) is 22.5 Å². The van der Waals surface area contributed by atoms with E-state index in [2.05, 4.69) is 71.3 Å². The largest absolute Gasteiger partial charge is 2.00 e. The van der Waals surface area contributed by atoms with Crippen LogP contribution < -0.4 is 4.57 Å². The summed E-state index contributed by atoms with van der Waals surface area (Å²) >= 11 is 0. The second-order valence-electron chi connectivity index (χ2n) is 8.67. The van der Waals surface area contributed by atoms with Crippen LogP contribution in [0.4, 0.5) is 0 Å². The van der Waals surface area contributed by atoms with Gasteiger partial charge in [0.05, 0.1) is 12.8 Å². The molecule has 0 saturated heterocycles. The van der Waals surface area contributed by atoms with Crippen LogP contribution in [0.3, 0.4) is 0 Å². The SMILES string of the molecule is [Pt+2].[c-]1ccccc1-c1ccc2c(n1)C1c3nc(-c4[c-]cccc4)ccc3Cc3cccc([n+]31)C2. The standard InChI is InChI=1S/C30H20N3.Pt/c1-3-8-20(9-4-1)26-16-14-22-18-24-12-7-13-25-19-23-15-17-27(21-10-5-2-6-11-21)32-29(23)30(33(24)25)28(22)31-26;/h1-8,10,12-17,30H,18-19H2;/q-1;+2. The number of hydrogen-bond acceptors (Lipinski definition) is 2. The molecule has 3 nitrogen and oxygen atoms in total. The third kappa shape index (κ3) is 3.35. The summed E-state index contributed by atoms with van der Waals surface area (Å²) in [4.78, 5) is 10.4. The minimum Gasteiger partial charge on any atom is -0.294 e.